The third kappa shape index (κ3) is 3.54. The molecule has 0 radical (unpaired) electrons. The molecule has 3 rings (SSSR count). The number of amides is 1. The molecule has 0 aliphatic rings. The van der Waals surface area contributed by atoms with Crippen molar-refractivity contribution in [2.45, 2.75) is 19.8 Å². The fraction of sp³-hybridized carbons (Fsp3) is 0.316. The summed E-state index contributed by atoms with van der Waals surface area (Å²) in [5, 5.41) is 15.1. The zero-order valence-electron chi connectivity index (χ0n) is 13.2. The first kappa shape index (κ1) is 15.6. The molecule has 0 saturated carbocycles. The molecule has 23 heavy (non-hydrogen) atoms. The fourth-order valence-electron chi connectivity index (χ4n) is 2.76. The Balaban J connectivity index is 1.73. The van der Waals surface area contributed by atoms with Gasteiger partial charge in [0, 0.05) is 18.5 Å². The van der Waals surface area contributed by atoms with Crippen molar-refractivity contribution in [3.8, 4) is 0 Å². The van der Waals surface area contributed by atoms with Crippen molar-refractivity contribution < 1.29 is 14.3 Å². The summed E-state index contributed by atoms with van der Waals surface area (Å²) in [6, 6.07) is 14.1. The van der Waals surface area contributed by atoms with Crippen molar-refractivity contribution in [3.05, 3.63) is 48.2 Å². The van der Waals surface area contributed by atoms with E-state index in [1.54, 1.807) is 0 Å². The quantitative estimate of drug-likeness (QED) is 0.734. The average molecular weight is 311 g/mol. The highest BCUT2D eigenvalue weighted by Gasteiger charge is 2.11. The van der Waals surface area contributed by atoms with Gasteiger partial charge in [-0.15, -0.1) is 0 Å². The molecule has 0 spiro atoms. The normalized spacial score (nSPS) is 12.6. The van der Waals surface area contributed by atoms with Crippen LogP contribution in [0, 0.1) is 5.92 Å². The summed E-state index contributed by atoms with van der Waals surface area (Å²) in [6.07, 6.45) is 0.922. The summed E-state index contributed by atoms with van der Waals surface area (Å²) >= 11 is 0. The summed E-state index contributed by atoms with van der Waals surface area (Å²) in [4.78, 5) is 12.0. The highest BCUT2D eigenvalue weighted by Crippen LogP contribution is 2.28. The number of rotatable bonds is 6. The molecule has 3 aromatic rings. The van der Waals surface area contributed by atoms with E-state index in [0.717, 1.165) is 21.7 Å². The van der Waals surface area contributed by atoms with Crippen LogP contribution in [0.5, 0.6) is 0 Å². The lowest BCUT2D eigenvalue weighted by Crippen LogP contribution is -2.29. The second-order valence-corrected chi connectivity index (χ2v) is 6.01. The number of benzene rings is 2. The lowest BCUT2D eigenvalue weighted by atomic mass is 10.1. The Hall–Kier alpha value is -2.33. The minimum atomic E-state index is -0.0573. The molecule has 1 amide bonds. The van der Waals surface area contributed by atoms with Gasteiger partial charge in [-0.25, -0.2) is 0 Å². The van der Waals surface area contributed by atoms with E-state index < -0.39 is 0 Å². The molecule has 0 aliphatic heterocycles. The minimum absolute atomic E-state index is 0.0573. The first-order valence-electron chi connectivity index (χ1n) is 7.95. The Morgan fingerprint density at radius 1 is 1.22 bits per heavy atom. The van der Waals surface area contributed by atoms with Gasteiger partial charge in [0.1, 0.15) is 11.3 Å². The van der Waals surface area contributed by atoms with Gasteiger partial charge < -0.3 is 14.8 Å². The molecule has 0 bridgehead atoms. The Bertz CT molecular complexity index is 822. The maximum Gasteiger partial charge on any atom is 0.227 e. The molecule has 1 unspecified atom stereocenters. The molecule has 0 aliphatic carbocycles. The van der Waals surface area contributed by atoms with Crippen molar-refractivity contribution >= 4 is 27.6 Å². The molecular weight excluding hydrogens is 290 g/mol. The van der Waals surface area contributed by atoms with E-state index in [9.17, 15) is 4.79 Å². The van der Waals surface area contributed by atoms with Gasteiger partial charge in [0.15, 0.2) is 0 Å². The summed E-state index contributed by atoms with van der Waals surface area (Å²) in [7, 11) is 0. The number of hydrogen-bond donors (Lipinski definition) is 2. The molecule has 2 N–H and O–H groups in total. The molecule has 1 atom stereocenters. The third-order valence-electron chi connectivity index (χ3n) is 4.08. The Kier molecular flexibility index (Phi) is 4.63. The van der Waals surface area contributed by atoms with E-state index in [0.29, 0.717) is 18.7 Å². The van der Waals surface area contributed by atoms with Gasteiger partial charge in [-0.05, 0) is 35.2 Å². The van der Waals surface area contributed by atoms with Gasteiger partial charge in [0.25, 0.3) is 0 Å². The van der Waals surface area contributed by atoms with Crippen LogP contribution in [0.15, 0.2) is 46.9 Å². The van der Waals surface area contributed by atoms with Crippen molar-refractivity contribution in [2.75, 3.05) is 13.2 Å². The molecule has 120 valence electrons. The van der Waals surface area contributed by atoms with Gasteiger partial charge in [-0.2, -0.15) is 0 Å². The van der Waals surface area contributed by atoms with Crippen LogP contribution in [-0.2, 0) is 11.2 Å². The summed E-state index contributed by atoms with van der Waals surface area (Å²) in [5.74, 6) is 0.880. The van der Waals surface area contributed by atoms with E-state index in [-0.39, 0.29) is 24.9 Å². The highest BCUT2D eigenvalue weighted by atomic mass is 16.3. The van der Waals surface area contributed by atoms with E-state index in [1.807, 2.05) is 37.3 Å². The van der Waals surface area contributed by atoms with Gasteiger partial charge in [-0.3, -0.25) is 4.79 Å². The van der Waals surface area contributed by atoms with Crippen molar-refractivity contribution in [3.63, 3.8) is 0 Å². The number of carbonyl (C=O) groups is 1. The predicted molar refractivity (Wildman–Crippen MR) is 91.3 cm³/mol. The number of aliphatic hydroxyl groups excluding tert-OH is 1. The lowest BCUT2D eigenvalue weighted by molar-refractivity contribution is -0.120. The van der Waals surface area contributed by atoms with Gasteiger partial charge in [0.2, 0.25) is 5.91 Å². The standard InChI is InChI=1S/C19H21NO3/c1-13(8-9-21)12-20-19(22)11-15-10-17-16-5-3-2-4-14(16)6-7-18(17)23-15/h2-7,10,13,21H,8-9,11-12H2,1H3,(H,20,22). The number of nitrogens with one attached hydrogen (secondary N) is 1. The molecule has 1 heterocycles. The molecule has 4 nitrogen and oxygen atoms in total. The monoisotopic (exact) mass is 311 g/mol. The number of aliphatic hydroxyl groups is 1. The maximum absolute atomic E-state index is 12.0. The van der Waals surface area contributed by atoms with Gasteiger partial charge >= 0.3 is 0 Å². The SMILES string of the molecule is CC(CCO)CNC(=O)Cc1cc2c(ccc3ccccc32)o1. The van der Waals surface area contributed by atoms with Crippen molar-refractivity contribution in [1.29, 1.82) is 0 Å². The van der Waals surface area contributed by atoms with Crippen LogP contribution in [0.25, 0.3) is 21.7 Å². The lowest BCUT2D eigenvalue weighted by Gasteiger charge is -2.10. The van der Waals surface area contributed by atoms with Crippen molar-refractivity contribution in [2.24, 2.45) is 5.92 Å². The first-order valence-corrected chi connectivity index (χ1v) is 7.95. The van der Waals surface area contributed by atoms with E-state index in [1.165, 1.54) is 0 Å². The summed E-state index contributed by atoms with van der Waals surface area (Å²) in [5.41, 5.74) is 0.806. The van der Waals surface area contributed by atoms with Crippen LogP contribution in [-0.4, -0.2) is 24.2 Å². The Morgan fingerprint density at radius 3 is 2.87 bits per heavy atom. The van der Waals surface area contributed by atoms with Gasteiger partial charge in [0.05, 0.1) is 6.42 Å². The molecule has 0 saturated heterocycles. The molecule has 0 fully saturated rings. The number of carbonyl (C=O) groups excluding carboxylic acids is 1. The van der Waals surface area contributed by atoms with E-state index >= 15 is 0 Å². The second kappa shape index (κ2) is 6.84. The number of fused-ring (bicyclic) bond motifs is 3. The maximum atomic E-state index is 12.0. The predicted octanol–water partition coefficient (Wildman–Crippen LogP) is 3.26. The van der Waals surface area contributed by atoms with Crippen LogP contribution in [0.3, 0.4) is 0 Å². The van der Waals surface area contributed by atoms with Crippen LogP contribution < -0.4 is 5.32 Å². The third-order valence-corrected chi connectivity index (χ3v) is 4.08. The van der Waals surface area contributed by atoms with Crippen LogP contribution in [0.1, 0.15) is 19.1 Å². The minimum Gasteiger partial charge on any atom is -0.461 e. The molecule has 2 aromatic carbocycles. The van der Waals surface area contributed by atoms with Crippen LogP contribution in [0.2, 0.25) is 0 Å². The Labute approximate surface area is 135 Å². The largest absolute Gasteiger partial charge is 0.461 e. The average Bonchev–Trinajstić information content (AvgIpc) is 2.96. The first-order chi connectivity index (χ1) is 11.2. The van der Waals surface area contributed by atoms with E-state index in [2.05, 4.69) is 17.4 Å². The molecule has 4 heteroatoms. The zero-order valence-corrected chi connectivity index (χ0v) is 13.2. The summed E-state index contributed by atoms with van der Waals surface area (Å²) < 4.78 is 5.80. The molecule has 1 aromatic heterocycles. The number of furan rings is 1. The van der Waals surface area contributed by atoms with E-state index in [4.69, 9.17) is 9.52 Å². The smallest absolute Gasteiger partial charge is 0.227 e. The topological polar surface area (TPSA) is 62.5 Å². The zero-order chi connectivity index (χ0) is 16.2. The van der Waals surface area contributed by atoms with Gasteiger partial charge in [-0.1, -0.05) is 37.3 Å². The number of hydrogen-bond acceptors (Lipinski definition) is 3. The van der Waals surface area contributed by atoms with Crippen molar-refractivity contribution in [1.82, 2.24) is 5.32 Å². The molecular formula is C19H21NO3. The second-order valence-electron chi connectivity index (χ2n) is 6.01. The van der Waals surface area contributed by atoms with Crippen LogP contribution >= 0.6 is 0 Å². The van der Waals surface area contributed by atoms with Crippen LogP contribution in [0.4, 0.5) is 0 Å². The summed E-state index contributed by atoms with van der Waals surface area (Å²) in [6.45, 7) is 2.72. The Morgan fingerprint density at radius 2 is 2.04 bits per heavy atom. The fourth-order valence-corrected chi connectivity index (χ4v) is 2.76. The highest BCUT2D eigenvalue weighted by molar-refractivity contribution is 6.06.